The van der Waals surface area contributed by atoms with Crippen molar-refractivity contribution in [3.8, 4) is 6.07 Å². The molecule has 1 spiro atoms. The molecule has 1 saturated heterocycles. The summed E-state index contributed by atoms with van der Waals surface area (Å²) in [6, 6.07) is 12.9. The van der Waals surface area contributed by atoms with Crippen molar-refractivity contribution >= 4 is 17.6 Å². The van der Waals surface area contributed by atoms with Gasteiger partial charge in [0.2, 0.25) is 0 Å². The Morgan fingerprint density at radius 1 is 1.17 bits per heavy atom. The Morgan fingerprint density at radius 3 is 2.63 bits per heavy atom. The number of benzene rings is 2. The molecular weight excluding hydrogens is 380 g/mol. The standard InChI is InChI=1S/C23H24N4O3/c1-15-3-5-17(12-20(15)26-22(29)25-2)21(28)27-9-7-23(8-10-27)19-6-4-16(13-24)11-18(19)14-30-23/h3-6,11-12H,7-10,14H2,1-2H3,(H2,25,26,29). The van der Waals surface area contributed by atoms with Gasteiger partial charge >= 0.3 is 6.03 Å². The van der Waals surface area contributed by atoms with Crippen molar-refractivity contribution in [3.05, 3.63) is 64.2 Å². The number of anilines is 1. The molecule has 0 unspecified atom stereocenters. The Labute approximate surface area is 175 Å². The predicted octanol–water partition coefficient (Wildman–Crippen LogP) is 3.28. The lowest BCUT2D eigenvalue weighted by Gasteiger charge is -2.39. The number of ether oxygens (including phenoxy) is 1. The molecule has 2 aromatic rings. The average Bonchev–Trinajstić information content (AvgIpc) is 3.12. The van der Waals surface area contributed by atoms with E-state index in [2.05, 4.69) is 16.7 Å². The lowest BCUT2D eigenvalue weighted by molar-refractivity contribution is -0.0741. The smallest absolute Gasteiger partial charge is 0.318 e. The quantitative estimate of drug-likeness (QED) is 0.803. The van der Waals surface area contributed by atoms with Gasteiger partial charge < -0.3 is 20.3 Å². The first-order valence-corrected chi connectivity index (χ1v) is 10.0. The zero-order valence-corrected chi connectivity index (χ0v) is 17.1. The molecule has 30 heavy (non-hydrogen) atoms. The Balaban J connectivity index is 1.48. The maximum atomic E-state index is 13.1. The number of carbonyl (C=O) groups excluding carboxylic acids is 2. The minimum atomic E-state index is -0.376. The molecule has 0 saturated carbocycles. The third-order valence-electron chi connectivity index (χ3n) is 6.05. The monoisotopic (exact) mass is 404 g/mol. The third kappa shape index (κ3) is 3.51. The van der Waals surface area contributed by atoms with Gasteiger partial charge in [0, 0.05) is 31.4 Å². The maximum Gasteiger partial charge on any atom is 0.318 e. The number of piperidine rings is 1. The third-order valence-corrected chi connectivity index (χ3v) is 6.05. The first kappa shape index (κ1) is 19.9. The van der Waals surface area contributed by atoms with Crippen molar-refractivity contribution in [1.82, 2.24) is 10.2 Å². The largest absolute Gasteiger partial charge is 0.365 e. The molecule has 7 heteroatoms. The summed E-state index contributed by atoms with van der Waals surface area (Å²) in [5.41, 5.74) is 4.53. The Hall–Kier alpha value is -3.37. The van der Waals surface area contributed by atoms with E-state index in [4.69, 9.17) is 10.00 Å². The van der Waals surface area contributed by atoms with Crippen LogP contribution in [0.5, 0.6) is 0 Å². The number of urea groups is 1. The van der Waals surface area contributed by atoms with E-state index in [1.54, 1.807) is 19.2 Å². The molecule has 154 valence electrons. The normalized spacial score (nSPS) is 16.6. The SMILES string of the molecule is CNC(=O)Nc1cc(C(=O)N2CCC3(CC2)OCc2cc(C#N)ccc23)ccc1C. The number of aryl methyl sites for hydroxylation is 1. The fraction of sp³-hybridized carbons (Fsp3) is 0.348. The van der Waals surface area contributed by atoms with E-state index in [0.29, 0.717) is 49.4 Å². The number of likely N-dealkylation sites (tertiary alicyclic amines) is 1. The van der Waals surface area contributed by atoms with Gasteiger partial charge in [-0.25, -0.2) is 4.79 Å². The summed E-state index contributed by atoms with van der Waals surface area (Å²) in [4.78, 5) is 26.6. The summed E-state index contributed by atoms with van der Waals surface area (Å²) >= 11 is 0. The van der Waals surface area contributed by atoms with Crippen molar-refractivity contribution < 1.29 is 14.3 Å². The number of carbonyl (C=O) groups is 2. The fourth-order valence-electron chi connectivity index (χ4n) is 4.26. The molecule has 2 aliphatic rings. The van der Waals surface area contributed by atoms with Crippen molar-refractivity contribution in [2.75, 3.05) is 25.5 Å². The van der Waals surface area contributed by atoms with Crippen molar-refractivity contribution in [1.29, 1.82) is 5.26 Å². The number of rotatable bonds is 2. The van der Waals surface area contributed by atoms with E-state index in [1.165, 1.54) is 0 Å². The van der Waals surface area contributed by atoms with Crippen LogP contribution < -0.4 is 10.6 Å². The van der Waals surface area contributed by atoms with E-state index in [-0.39, 0.29) is 17.5 Å². The van der Waals surface area contributed by atoms with Gasteiger partial charge in [0.25, 0.3) is 5.91 Å². The van der Waals surface area contributed by atoms with Gasteiger partial charge in [-0.2, -0.15) is 5.26 Å². The van der Waals surface area contributed by atoms with Crippen LogP contribution in [0.2, 0.25) is 0 Å². The molecule has 2 heterocycles. The Morgan fingerprint density at radius 2 is 1.93 bits per heavy atom. The average molecular weight is 404 g/mol. The topological polar surface area (TPSA) is 94.5 Å². The Kier molecular flexibility index (Phi) is 5.18. The number of hydrogen-bond donors (Lipinski definition) is 2. The molecule has 2 aliphatic heterocycles. The highest BCUT2D eigenvalue weighted by molar-refractivity contribution is 5.97. The van der Waals surface area contributed by atoms with E-state index in [9.17, 15) is 9.59 Å². The minimum Gasteiger partial charge on any atom is -0.365 e. The van der Waals surface area contributed by atoms with Gasteiger partial charge in [-0.15, -0.1) is 0 Å². The second-order valence-corrected chi connectivity index (χ2v) is 7.79. The highest BCUT2D eigenvalue weighted by Gasteiger charge is 2.43. The molecule has 3 amide bonds. The number of hydrogen-bond acceptors (Lipinski definition) is 4. The number of amides is 3. The predicted molar refractivity (Wildman–Crippen MR) is 112 cm³/mol. The van der Waals surface area contributed by atoms with Crippen LogP contribution in [0.15, 0.2) is 36.4 Å². The second-order valence-electron chi connectivity index (χ2n) is 7.79. The van der Waals surface area contributed by atoms with Crippen molar-refractivity contribution in [3.63, 3.8) is 0 Å². The molecule has 0 aromatic heterocycles. The van der Waals surface area contributed by atoms with E-state index < -0.39 is 0 Å². The molecule has 0 bridgehead atoms. The highest BCUT2D eigenvalue weighted by Crippen LogP contribution is 2.44. The van der Waals surface area contributed by atoms with Crippen LogP contribution in [-0.2, 0) is 16.9 Å². The summed E-state index contributed by atoms with van der Waals surface area (Å²) in [7, 11) is 1.55. The van der Waals surface area contributed by atoms with Crippen LogP contribution in [0, 0.1) is 18.3 Å². The van der Waals surface area contributed by atoms with E-state index in [0.717, 1.165) is 16.7 Å². The zero-order chi connectivity index (χ0) is 21.3. The van der Waals surface area contributed by atoms with Crippen molar-refractivity contribution in [2.24, 2.45) is 0 Å². The van der Waals surface area contributed by atoms with Gasteiger partial charge in [0.05, 0.1) is 23.8 Å². The van der Waals surface area contributed by atoms with Crippen LogP contribution in [-0.4, -0.2) is 37.0 Å². The second kappa shape index (κ2) is 7.81. The summed E-state index contributed by atoms with van der Waals surface area (Å²) in [6.45, 7) is 3.57. The lowest BCUT2D eigenvalue weighted by Crippen LogP contribution is -2.45. The molecular formula is C23H24N4O3. The first-order valence-electron chi connectivity index (χ1n) is 10.0. The molecule has 0 aliphatic carbocycles. The zero-order valence-electron chi connectivity index (χ0n) is 17.1. The number of nitrogens with one attached hydrogen (secondary N) is 2. The fourth-order valence-corrected chi connectivity index (χ4v) is 4.26. The number of nitrogens with zero attached hydrogens (tertiary/aromatic N) is 2. The molecule has 2 aromatic carbocycles. The van der Waals surface area contributed by atoms with Crippen LogP contribution >= 0.6 is 0 Å². The molecule has 0 atom stereocenters. The molecule has 0 radical (unpaired) electrons. The van der Waals surface area contributed by atoms with Gasteiger partial charge in [0.15, 0.2) is 0 Å². The molecule has 4 rings (SSSR count). The van der Waals surface area contributed by atoms with Gasteiger partial charge in [-0.1, -0.05) is 12.1 Å². The highest BCUT2D eigenvalue weighted by atomic mass is 16.5. The summed E-state index contributed by atoms with van der Waals surface area (Å²) in [5.74, 6) is -0.0529. The lowest BCUT2D eigenvalue weighted by atomic mass is 9.83. The van der Waals surface area contributed by atoms with E-state index >= 15 is 0 Å². The van der Waals surface area contributed by atoms with Crippen LogP contribution in [0.25, 0.3) is 0 Å². The van der Waals surface area contributed by atoms with Crippen molar-refractivity contribution in [2.45, 2.75) is 32.0 Å². The Bertz CT molecular complexity index is 1050. The minimum absolute atomic E-state index is 0.0529. The summed E-state index contributed by atoms with van der Waals surface area (Å²) < 4.78 is 6.17. The van der Waals surface area contributed by atoms with Crippen LogP contribution in [0.3, 0.4) is 0 Å². The number of nitriles is 1. The molecule has 1 fully saturated rings. The molecule has 7 nitrogen and oxygen atoms in total. The van der Waals surface area contributed by atoms with Gasteiger partial charge in [-0.05, 0) is 60.7 Å². The van der Waals surface area contributed by atoms with E-state index in [1.807, 2.05) is 36.1 Å². The van der Waals surface area contributed by atoms with Crippen LogP contribution in [0.1, 0.15) is 45.5 Å². The van der Waals surface area contributed by atoms with Gasteiger partial charge in [-0.3, -0.25) is 4.79 Å². The summed E-state index contributed by atoms with van der Waals surface area (Å²) in [5, 5.41) is 14.4. The van der Waals surface area contributed by atoms with Gasteiger partial charge in [0.1, 0.15) is 0 Å². The van der Waals surface area contributed by atoms with Crippen LogP contribution in [0.4, 0.5) is 10.5 Å². The molecule has 2 N–H and O–H groups in total. The first-order chi connectivity index (χ1) is 14.5. The maximum absolute atomic E-state index is 13.1. The number of fused-ring (bicyclic) bond motifs is 2. The summed E-state index contributed by atoms with van der Waals surface area (Å²) in [6.07, 6.45) is 1.43.